The van der Waals surface area contributed by atoms with Gasteiger partial charge in [0.15, 0.2) is 0 Å². The smallest absolute Gasteiger partial charge is 0.0724 e. The van der Waals surface area contributed by atoms with Crippen molar-refractivity contribution in [3.8, 4) is 0 Å². The fraction of sp³-hybridized carbons (Fsp3) is 0.333. The van der Waals surface area contributed by atoms with Crippen molar-refractivity contribution >= 4 is 23.9 Å². The zero-order valence-electron chi connectivity index (χ0n) is 18.3. The van der Waals surface area contributed by atoms with Crippen LogP contribution in [0.1, 0.15) is 92.1 Å². The Bertz CT molecular complexity index is 905. The molecule has 0 aromatic heterocycles. The van der Waals surface area contributed by atoms with Crippen LogP contribution in [0.2, 0.25) is 0 Å². The fourth-order valence-electron chi connectivity index (χ4n) is 3.17. The third-order valence-electron chi connectivity index (χ3n) is 4.75. The van der Waals surface area contributed by atoms with Crippen LogP contribution in [0.5, 0.6) is 0 Å². The maximum atomic E-state index is 10.9. The predicted molar refractivity (Wildman–Crippen MR) is 107 cm³/mol. The van der Waals surface area contributed by atoms with Crippen molar-refractivity contribution in [2.45, 2.75) is 52.4 Å². The minimum Gasteiger partial charge on any atom is -0.545 e. The van der Waals surface area contributed by atoms with Crippen LogP contribution in [-0.2, 0) is 29.6 Å². The summed E-state index contributed by atoms with van der Waals surface area (Å²) in [4.78, 5) is 43.3. The van der Waals surface area contributed by atoms with Crippen molar-refractivity contribution in [1.29, 1.82) is 0 Å². The second kappa shape index (κ2) is 14.8. The van der Waals surface area contributed by atoms with E-state index in [-0.39, 0.29) is 39.0 Å². The molecule has 2 aromatic rings. The molecule has 2 rings (SSSR count). The van der Waals surface area contributed by atoms with Gasteiger partial charge in [-0.2, -0.15) is 0 Å². The van der Waals surface area contributed by atoms with Crippen molar-refractivity contribution in [2.75, 3.05) is 0 Å². The number of carbonyl (C=O) groups excluding carboxylic acids is 4. The number of hydrogen-bond donors (Lipinski definition) is 0. The summed E-state index contributed by atoms with van der Waals surface area (Å²) >= 11 is 0. The van der Waals surface area contributed by atoms with Crippen molar-refractivity contribution in [3.05, 3.63) is 69.8 Å². The topological polar surface area (TPSA) is 161 Å². The maximum Gasteiger partial charge on any atom is 0.0724 e. The molecule has 0 aliphatic heterocycles. The van der Waals surface area contributed by atoms with E-state index in [4.69, 9.17) is 0 Å². The van der Waals surface area contributed by atoms with E-state index in [0.29, 0.717) is 24.0 Å². The Balaban J connectivity index is 0.000000602. The van der Waals surface area contributed by atoms with Crippen LogP contribution in [0.15, 0.2) is 36.4 Å². The van der Waals surface area contributed by atoms with E-state index >= 15 is 0 Å². The van der Waals surface area contributed by atoms with Crippen LogP contribution >= 0.6 is 0 Å². The van der Waals surface area contributed by atoms with E-state index in [1.54, 1.807) is 12.1 Å². The van der Waals surface area contributed by atoms with Crippen molar-refractivity contribution < 1.29 is 56.4 Å². The quantitative estimate of drug-likeness (QED) is 0.423. The van der Waals surface area contributed by atoms with Crippen LogP contribution in [-0.4, -0.2) is 23.9 Å². The molecular formula is C24H24CoO8-4. The number of benzene rings is 2. The average molecular weight is 499 g/mol. The van der Waals surface area contributed by atoms with Crippen molar-refractivity contribution in [2.24, 2.45) is 0 Å². The van der Waals surface area contributed by atoms with Gasteiger partial charge in [-0.3, -0.25) is 0 Å². The Morgan fingerprint density at radius 3 is 1.18 bits per heavy atom. The first-order valence-corrected chi connectivity index (χ1v) is 10.2. The third-order valence-corrected chi connectivity index (χ3v) is 4.75. The van der Waals surface area contributed by atoms with E-state index in [1.165, 1.54) is 24.3 Å². The van der Waals surface area contributed by atoms with Gasteiger partial charge in [0.1, 0.15) is 0 Å². The van der Waals surface area contributed by atoms with Crippen LogP contribution in [0.4, 0.5) is 0 Å². The molecule has 0 unspecified atom stereocenters. The summed E-state index contributed by atoms with van der Waals surface area (Å²) in [5.74, 6) is -5.91. The molecule has 0 fully saturated rings. The second-order valence-electron chi connectivity index (χ2n) is 7.04. The Morgan fingerprint density at radius 2 is 0.939 bits per heavy atom. The van der Waals surface area contributed by atoms with Gasteiger partial charge in [0.25, 0.3) is 0 Å². The van der Waals surface area contributed by atoms with Gasteiger partial charge in [-0.1, -0.05) is 63.1 Å². The predicted octanol–water partition coefficient (Wildman–Crippen LogP) is -0.490. The molecule has 0 saturated carbocycles. The largest absolute Gasteiger partial charge is 0.545 e. The zero-order valence-corrected chi connectivity index (χ0v) is 19.3. The minimum absolute atomic E-state index is 0. The molecule has 0 heterocycles. The van der Waals surface area contributed by atoms with Gasteiger partial charge in [0.05, 0.1) is 23.9 Å². The summed E-state index contributed by atoms with van der Waals surface area (Å²) in [6.07, 6.45) is 4.47. The standard InChI is InChI=1S/2C12H14O4.Co/c2*1-2-3-5-8-6-4-7-9(11(13)14)10(8)12(15)16;/h2*4,6-7H,2-3,5H2,1H3,(H,13,14)(H,15,16);/p-4. The molecule has 2 aromatic carbocycles. The van der Waals surface area contributed by atoms with Gasteiger partial charge in [-0.15, -0.1) is 0 Å². The molecule has 181 valence electrons. The zero-order chi connectivity index (χ0) is 24.3. The van der Waals surface area contributed by atoms with Crippen LogP contribution < -0.4 is 20.4 Å². The fourth-order valence-corrected chi connectivity index (χ4v) is 3.17. The third kappa shape index (κ3) is 8.70. The summed E-state index contributed by atoms with van der Waals surface area (Å²) in [6, 6.07) is 8.68. The number of carboxylic acid groups (broad SMARTS) is 4. The van der Waals surface area contributed by atoms with Gasteiger partial charge in [0, 0.05) is 39.0 Å². The molecule has 33 heavy (non-hydrogen) atoms. The number of unbranched alkanes of at least 4 members (excludes halogenated alkanes) is 2. The summed E-state index contributed by atoms with van der Waals surface area (Å²) in [6.45, 7) is 3.95. The van der Waals surface area contributed by atoms with Gasteiger partial charge in [-0.25, -0.2) is 0 Å². The number of carboxylic acids is 4. The molecule has 0 aliphatic carbocycles. The first-order chi connectivity index (χ1) is 15.1. The van der Waals surface area contributed by atoms with Crippen LogP contribution in [0.25, 0.3) is 0 Å². The normalized spacial score (nSPS) is 9.76. The summed E-state index contributed by atoms with van der Waals surface area (Å²) in [7, 11) is 0. The van der Waals surface area contributed by atoms with Crippen LogP contribution in [0.3, 0.4) is 0 Å². The van der Waals surface area contributed by atoms with E-state index in [1.807, 2.05) is 13.8 Å². The molecule has 0 amide bonds. The SMILES string of the molecule is CCCCc1cccc(C(=O)[O-])c1C(=O)[O-].CCCCc1cccc(C(=O)[O-])c1C(=O)[O-].[Co]. The molecule has 9 heteroatoms. The van der Waals surface area contributed by atoms with Crippen LogP contribution in [0, 0.1) is 0 Å². The van der Waals surface area contributed by atoms with E-state index in [2.05, 4.69) is 0 Å². The summed E-state index contributed by atoms with van der Waals surface area (Å²) in [5.41, 5.74) is -0.152. The molecule has 0 spiro atoms. The molecule has 0 atom stereocenters. The van der Waals surface area contributed by atoms with Gasteiger partial charge < -0.3 is 39.6 Å². The van der Waals surface area contributed by atoms with Gasteiger partial charge >= 0.3 is 0 Å². The molecule has 0 N–H and O–H groups in total. The monoisotopic (exact) mass is 499 g/mol. The first kappa shape index (κ1) is 29.8. The molecule has 0 aliphatic rings. The number of aryl methyl sites for hydroxylation is 2. The summed E-state index contributed by atoms with van der Waals surface area (Å²) < 4.78 is 0. The average Bonchev–Trinajstić information content (AvgIpc) is 2.75. The molecule has 8 nitrogen and oxygen atoms in total. The van der Waals surface area contributed by atoms with Gasteiger partial charge in [-0.05, 0) is 36.8 Å². The number of aromatic carboxylic acids is 4. The maximum absolute atomic E-state index is 10.9. The van der Waals surface area contributed by atoms with Crippen molar-refractivity contribution in [3.63, 3.8) is 0 Å². The minimum atomic E-state index is -1.49. The van der Waals surface area contributed by atoms with Crippen molar-refractivity contribution in [1.82, 2.24) is 0 Å². The number of rotatable bonds is 10. The molecule has 0 saturated heterocycles. The Kier molecular flexibility index (Phi) is 13.4. The Morgan fingerprint density at radius 1 is 0.606 bits per heavy atom. The first-order valence-electron chi connectivity index (χ1n) is 10.2. The Hall–Kier alpha value is -3.17. The number of hydrogen-bond acceptors (Lipinski definition) is 8. The van der Waals surface area contributed by atoms with E-state index in [9.17, 15) is 39.6 Å². The molecule has 1 radical (unpaired) electrons. The van der Waals surface area contributed by atoms with E-state index < -0.39 is 23.9 Å². The summed E-state index contributed by atoms with van der Waals surface area (Å²) in [5, 5.41) is 43.3. The van der Waals surface area contributed by atoms with E-state index in [0.717, 1.165) is 25.7 Å². The van der Waals surface area contributed by atoms with Gasteiger partial charge in [0.2, 0.25) is 0 Å². The second-order valence-corrected chi connectivity index (χ2v) is 7.04. The number of carbonyl (C=O) groups is 4. The molecule has 0 bridgehead atoms. The molecular weight excluding hydrogens is 475 g/mol. The Labute approximate surface area is 202 Å².